The van der Waals surface area contributed by atoms with E-state index in [0.717, 1.165) is 11.8 Å². The van der Waals surface area contributed by atoms with Crippen molar-refractivity contribution >= 4 is 15.7 Å². The molecule has 29 heavy (non-hydrogen) atoms. The Balaban J connectivity index is 1.58. The molecule has 8 nitrogen and oxygen atoms in total. The predicted octanol–water partition coefficient (Wildman–Crippen LogP) is 2.85. The van der Waals surface area contributed by atoms with Gasteiger partial charge < -0.3 is 14.6 Å². The second kappa shape index (κ2) is 8.44. The lowest BCUT2D eigenvalue weighted by Crippen LogP contribution is -2.26. The second-order valence-electron chi connectivity index (χ2n) is 6.58. The number of benzene rings is 2. The molecule has 0 aliphatic heterocycles. The zero-order valence-corrected chi connectivity index (χ0v) is 17.1. The summed E-state index contributed by atoms with van der Waals surface area (Å²) >= 11 is 0. The summed E-state index contributed by atoms with van der Waals surface area (Å²) in [6.45, 7) is 3.70. The number of ether oxygens (including phenoxy) is 1. The summed E-state index contributed by atoms with van der Waals surface area (Å²) in [4.78, 5) is 16.8. The van der Waals surface area contributed by atoms with Gasteiger partial charge in [0.25, 0.3) is 5.91 Å². The number of rotatable bonds is 7. The lowest BCUT2D eigenvalue weighted by Gasteiger charge is -2.15. The van der Waals surface area contributed by atoms with E-state index in [1.54, 1.807) is 43.3 Å². The molecule has 3 rings (SSSR count). The van der Waals surface area contributed by atoms with Crippen LogP contribution in [-0.2, 0) is 16.4 Å². The van der Waals surface area contributed by atoms with Crippen LogP contribution in [0.2, 0.25) is 0 Å². The maximum Gasteiger partial charge on any atom is 0.251 e. The number of sulfone groups is 1. The topological polar surface area (TPSA) is 111 Å². The third-order valence-electron chi connectivity index (χ3n) is 4.21. The Bertz CT molecular complexity index is 1090. The fourth-order valence-corrected chi connectivity index (χ4v) is 3.25. The zero-order chi connectivity index (χ0) is 21.0. The lowest BCUT2D eigenvalue weighted by molar-refractivity contribution is 0.0940. The standard InChI is InChI=1S/C20H21N3O5S/c1-13(15-6-10-18(11-7-15)29(3,25)26)21-20(24)16-4-8-17(9-5-16)27-12-19-22-14(2)28-23-19/h4-11,13H,12H2,1-3H3,(H,21,24)/t13-/m1/s1. The Kier molecular flexibility index (Phi) is 5.97. The van der Waals surface area contributed by atoms with E-state index in [2.05, 4.69) is 15.5 Å². The summed E-state index contributed by atoms with van der Waals surface area (Å²) in [6, 6.07) is 12.9. The fraction of sp³-hybridized carbons (Fsp3) is 0.250. The third kappa shape index (κ3) is 5.41. The molecule has 0 bridgehead atoms. The molecule has 0 radical (unpaired) electrons. The maximum atomic E-state index is 12.5. The highest BCUT2D eigenvalue weighted by molar-refractivity contribution is 7.90. The number of aryl methyl sites for hydroxylation is 1. The molecule has 2 aromatic carbocycles. The maximum absolute atomic E-state index is 12.5. The number of carbonyl (C=O) groups is 1. The Morgan fingerprint density at radius 1 is 1.14 bits per heavy atom. The molecule has 0 fully saturated rings. The minimum absolute atomic E-state index is 0.170. The summed E-state index contributed by atoms with van der Waals surface area (Å²) < 4.78 is 33.5. The summed E-state index contributed by atoms with van der Waals surface area (Å²) in [6.07, 6.45) is 1.16. The van der Waals surface area contributed by atoms with E-state index in [9.17, 15) is 13.2 Å². The molecule has 1 N–H and O–H groups in total. The van der Waals surface area contributed by atoms with Crippen LogP contribution >= 0.6 is 0 Å². The van der Waals surface area contributed by atoms with Crippen LogP contribution in [0.5, 0.6) is 5.75 Å². The Morgan fingerprint density at radius 2 is 1.79 bits per heavy atom. The van der Waals surface area contributed by atoms with Gasteiger partial charge in [0.05, 0.1) is 10.9 Å². The predicted molar refractivity (Wildman–Crippen MR) is 105 cm³/mol. The monoisotopic (exact) mass is 415 g/mol. The van der Waals surface area contributed by atoms with Crippen molar-refractivity contribution in [2.45, 2.75) is 31.4 Å². The second-order valence-corrected chi connectivity index (χ2v) is 8.59. The number of amides is 1. The van der Waals surface area contributed by atoms with E-state index in [-0.39, 0.29) is 23.5 Å². The van der Waals surface area contributed by atoms with Gasteiger partial charge in [-0.15, -0.1) is 0 Å². The molecule has 0 saturated heterocycles. The first-order valence-electron chi connectivity index (χ1n) is 8.85. The van der Waals surface area contributed by atoms with Crippen molar-refractivity contribution in [3.05, 3.63) is 71.4 Å². The van der Waals surface area contributed by atoms with Crippen molar-refractivity contribution in [1.29, 1.82) is 0 Å². The number of aromatic nitrogens is 2. The van der Waals surface area contributed by atoms with Crippen molar-refractivity contribution in [3.63, 3.8) is 0 Å². The van der Waals surface area contributed by atoms with Crippen LogP contribution in [0.15, 0.2) is 57.9 Å². The molecular weight excluding hydrogens is 394 g/mol. The van der Waals surface area contributed by atoms with Gasteiger partial charge in [0, 0.05) is 18.7 Å². The van der Waals surface area contributed by atoms with Crippen LogP contribution < -0.4 is 10.1 Å². The van der Waals surface area contributed by atoms with E-state index in [0.29, 0.717) is 23.0 Å². The number of hydrogen-bond donors (Lipinski definition) is 1. The van der Waals surface area contributed by atoms with Gasteiger partial charge in [-0.3, -0.25) is 4.79 Å². The molecule has 0 aliphatic rings. The van der Waals surface area contributed by atoms with Gasteiger partial charge in [0.15, 0.2) is 16.4 Å². The van der Waals surface area contributed by atoms with Crippen molar-refractivity contribution < 1.29 is 22.5 Å². The van der Waals surface area contributed by atoms with Crippen LogP contribution in [-0.4, -0.2) is 30.7 Å². The van der Waals surface area contributed by atoms with Crippen LogP contribution in [0.25, 0.3) is 0 Å². The average Bonchev–Trinajstić information content (AvgIpc) is 3.11. The van der Waals surface area contributed by atoms with Gasteiger partial charge >= 0.3 is 0 Å². The largest absolute Gasteiger partial charge is 0.485 e. The molecule has 3 aromatic rings. The van der Waals surface area contributed by atoms with Gasteiger partial charge in [0.2, 0.25) is 11.7 Å². The summed E-state index contributed by atoms with van der Waals surface area (Å²) in [5.74, 6) is 1.24. The molecule has 1 heterocycles. The molecule has 0 aliphatic carbocycles. The number of nitrogens with zero attached hydrogens (tertiary/aromatic N) is 2. The highest BCUT2D eigenvalue weighted by atomic mass is 32.2. The van der Waals surface area contributed by atoms with Crippen molar-refractivity contribution in [2.75, 3.05) is 6.26 Å². The van der Waals surface area contributed by atoms with Gasteiger partial charge in [-0.05, 0) is 48.9 Å². The van der Waals surface area contributed by atoms with Crippen molar-refractivity contribution in [1.82, 2.24) is 15.5 Å². The van der Waals surface area contributed by atoms with E-state index in [1.165, 1.54) is 12.1 Å². The molecule has 0 saturated carbocycles. The minimum atomic E-state index is -3.25. The average molecular weight is 415 g/mol. The number of hydrogen-bond acceptors (Lipinski definition) is 7. The molecule has 0 unspecified atom stereocenters. The highest BCUT2D eigenvalue weighted by Gasteiger charge is 2.13. The molecule has 0 spiro atoms. The number of nitrogens with one attached hydrogen (secondary N) is 1. The lowest BCUT2D eigenvalue weighted by atomic mass is 10.1. The van der Waals surface area contributed by atoms with Crippen LogP contribution in [0.3, 0.4) is 0 Å². The molecule has 1 aromatic heterocycles. The SMILES string of the molecule is Cc1nc(COc2ccc(C(=O)N[C@H](C)c3ccc(S(C)(=O)=O)cc3)cc2)no1. The quantitative estimate of drug-likeness (QED) is 0.631. The summed E-state index contributed by atoms with van der Waals surface area (Å²) in [7, 11) is -3.25. The molecule has 1 amide bonds. The Morgan fingerprint density at radius 3 is 2.34 bits per heavy atom. The van der Waals surface area contributed by atoms with Crippen molar-refractivity contribution in [3.8, 4) is 5.75 Å². The first-order valence-corrected chi connectivity index (χ1v) is 10.7. The summed E-state index contributed by atoms with van der Waals surface area (Å²) in [5, 5.41) is 6.64. The minimum Gasteiger partial charge on any atom is -0.485 e. The van der Waals surface area contributed by atoms with Gasteiger partial charge in [-0.1, -0.05) is 17.3 Å². The zero-order valence-electron chi connectivity index (χ0n) is 16.2. The van der Waals surface area contributed by atoms with Gasteiger partial charge in [0.1, 0.15) is 5.75 Å². The smallest absolute Gasteiger partial charge is 0.251 e. The Labute approximate surface area is 168 Å². The molecular formula is C20H21N3O5S. The first kappa shape index (κ1) is 20.5. The van der Waals surface area contributed by atoms with Crippen LogP contribution in [0.4, 0.5) is 0 Å². The van der Waals surface area contributed by atoms with Crippen molar-refractivity contribution in [2.24, 2.45) is 0 Å². The van der Waals surface area contributed by atoms with Crippen LogP contribution in [0, 0.1) is 6.92 Å². The van der Waals surface area contributed by atoms with E-state index in [4.69, 9.17) is 9.26 Å². The normalized spacial score (nSPS) is 12.4. The molecule has 9 heteroatoms. The molecule has 1 atom stereocenters. The molecule has 152 valence electrons. The first-order chi connectivity index (χ1) is 13.7. The fourth-order valence-electron chi connectivity index (χ4n) is 2.62. The number of carbonyl (C=O) groups excluding carboxylic acids is 1. The van der Waals surface area contributed by atoms with Gasteiger partial charge in [-0.25, -0.2) is 8.42 Å². The highest BCUT2D eigenvalue weighted by Crippen LogP contribution is 2.18. The van der Waals surface area contributed by atoms with E-state index < -0.39 is 9.84 Å². The summed E-state index contributed by atoms with van der Waals surface area (Å²) in [5.41, 5.74) is 1.29. The third-order valence-corrected chi connectivity index (χ3v) is 5.34. The van der Waals surface area contributed by atoms with Gasteiger partial charge in [-0.2, -0.15) is 4.98 Å². The Hall–Kier alpha value is -3.20. The van der Waals surface area contributed by atoms with Crippen LogP contribution in [0.1, 0.15) is 40.6 Å². The van der Waals surface area contributed by atoms with E-state index >= 15 is 0 Å². The van der Waals surface area contributed by atoms with E-state index in [1.807, 2.05) is 6.92 Å².